The molecule has 4 rings (SSSR count). The summed E-state index contributed by atoms with van der Waals surface area (Å²) in [5.74, 6) is 3.37. The Labute approximate surface area is 141 Å². The highest BCUT2D eigenvalue weighted by Gasteiger charge is 2.39. The second kappa shape index (κ2) is 6.05. The van der Waals surface area contributed by atoms with Crippen molar-refractivity contribution in [2.75, 3.05) is 13.1 Å². The van der Waals surface area contributed by atoms with Gasteiger partial charge in [-0.25, -0.2) is 0 Å². The first-order valence-electron chi connectivity index (χ1n) is 8.58. The van der Waals surface area contributed by atoms with Gasteiger partial charge in [-0.05, 0) is 37.8 Å². The molecule has 1 amide bonds. The molecule has 0 bridgehead atoms. The van der Waals surface area contributed by atoms with Crippen LogP contribution in [0.25, 0.3) is 0 Å². The summed E-state index contributed by atoms with van der Waals surface area (Å²) in [7, 11) is 0. The number of hydrogen-bond acceptors (Lipinski definition) is 5. The number of carbonyl (C=O) groups excluding carboxylic acids is 1. The van der Waals surface area contributed by atoms with Crippen molar-refractivity contribution < 1.29 is 9.21 Å². The molecular formula is C17H23N5O2. The van der Waals surface area contributed by atoms with Gasteiger partial charge in [0.2, 0.25) is 5.82 Å². The number of furan rings is 1. The van der Waals surface area contributed by atoms with E-state index in [4.69, 9.17) is 4.42 Å². The minimum atomic E-state index is -0.132. The molecular weight excluding hydrogens is 306 g/mol. The van der Waals surface area contributed by atoms with E-state index in [1.165, 1.54) is 0 Å². The Morgan fingerprint density at radius 2 is 2.17 bits per heavy atom. The van der Waals surface area contributed by atoms with Crippen LogP contribution >= 0.6 is 0 Å². The number of carbonyl (C=O) groups is 1. The minimum absolute atomic E-state index is 0.0945. The Balaban J connectivity index is 1.46. The van der Waals surface area contributed by atoms with Gasteiger partial charge < -0.3 is 14.3 Å². The number of aromatic nitrogens is 3. The van der Waals surface area contributed by atoms with Crippen LogP contribution in [-0.2, 0) is 19.5 Å². The largest absolute Gasteiger partial charge is 0.468 e. The van der Waals surface area contributed by atoms with E-state index in [0.717, 1.165) is 44.2 Å². The first kappa shape index (κ1) is 15.4. The van der Waals surface area contributed by atoms with Crippen LogP contribution in [0, 0.1) is 11.8 Å². The third-order valence-electron chi connectivity index (χ3n) is 4.92. The normalized spacial score (nSPS) is 23.3. The van der Waals surface area contributed by atoms with Crippen LogP contribution in [0.15, 0.2) is 22.8 Å². The summed E-state index contributed by atoms with van der Waals surface area (Å²) < 4.78 is 7.47. The summed E-state index contributed by atoms with van der Waals surface area (Å²) in [4.78, 5) is 14.7. The van der Waals surface area contributed by atoms with Crippen LogP contribution in [0.4, 0.5) is 0 Å². The van der Waals surface area contributed by atoms with E-state index in [9.17, 15) is 4.79 Å². The molecule has 2 aliphatic heterocycles. The van der Waals surface area contributed by atoms with Crippen molar-refractivity contribution in [3.8, 4) is 0 Å². The van der Waals surface area contributed by atoms with Crippen LogP contribution in [0.3, 0.4) is 0 Å². The summed E-state index contributed by atoms with van der Waals surface area (Å²) in [6.07, 6.45) is 2.61. The van der Waals surface area contributed by atoms with Crippen molar-refractivity contribution in [1.29, 1.82) is 0 Å². The summed E-state index contributed by atoms with van der Waals surface area (Å²) in [6, 6.07) is 4.04. The average molecular weight is 329 g/mol. The fourth-order valence-corrected chi connectivity index (χ4v) is 3.87. The molecule has 0 aromatic carbocycles. The van der Waals surface area contributed by atoms with E-state index in [2.05, 4.69) is 20.4 Å². The maximum absolute atomic E-state index is 12.3. The lowest BCUT2D eigenvalue weighted by atomic mass is 9.89. The van der Waals surface area contributed by atoms with E-state index in [1.807, 2.05) is 30.5 Å². The minimum Gasteiger partial charge on any atom is -0.468 e. The monoisotopic (exact) mass is 329 g/mol. The second-order valence-electron chi connectivity index (χ2n) is 7.18. The Bertz CT molecular complexity index is 721. The van der Waals surface area contributed by atoms with Crippen molar-refractivity contribution >= 4 is 5.91 Å². The molecule has 0 saturated carbocycles. The molecule has 128 valence electrons. The van der Waals surface area contributed by atoms with E-state index in [-0.39, 0.29) is 11.9 Å². The highest BCUT2D eigenvalue weighted by Crippen LogP contribution is 2.33. The molecule has 2 atom stereocenters. The molecule has 7 nitrogen and oxygen atoms in total. The smallest absolute Gasteiger partial charge is 0.289 e. The molecule has 0 spiro atoms. The number of nitrogens with one attached hydrogen (secondary N) is 1. The quantitative estimate of drug-likeness (QED) is 0.915. The lowest BCUT2D eigenvalue weighted by molar-refractivity contribution is 0.0924. The van der Waals surface area contributed by atoms with Gasteiger partial charge in [-0.1, -0.05) is 0 Å². The molecule has 1 saturated heterocycles. The third kappa shape index (κ3) is 2.84. The molecule has 0 aliphatic carbocycles. The van der Waals surface area contributed by atoms with Crippen molar-refractivity contribution in [3.63, 3.8) is 0 Å². The molecule has 4 heterocycles. The molecule has 2 aliphatic rings. The van der Waals surface area contributed by atoms with Crippen LogP contribution in [-0.4, -0.2) is 44.7 Å². The van der Waals surface area contributed by atoms with E-state index in [1.54, 1.807) is 6.26 Å². The molecule has 2 unspecified atom stereocenters. The van der Waals surface area contributed by atoms with Crippen LogP contribution in [0.5, 0.6) is 0 Å². The zero-order valence-corrected chi connectivity index (χ0v) is 14.1. The van der Waals surface area contributed by atoms with Crippen LogP contribution < -0.4 is 5.32 Å². The van der Waals surface area contributed by atoms with Gasteiger partial charge in [-0.2, -0.15) is 0 Å². The summed E-state index contributed by atoms with van der Waals surface area (Å²) in [5.41, 5.74) is 0. The topological polar surface area (TPSA) is 76.2 Å². The molecule has 1 N–H and O–H groups in total. The van der Waals surface area contributed by atoms with Crippen LogP contribution in [0.1, 0.15) is 36.1 Å². The summed E-state index contributed by atoms with van der Waals surface area (Å²) in [5, 5.41) is 11.3. The Hall–Kier alpha value is -2.15. The molecule has 2 aromatic heterocycles. The van der Waals surface area contributed by atoms with Gasteiger partial charge in [0.25, 0.3) is 5.91 Å². The first-order valence-corrected chi connectivity index (χ1v) is 8.58. The maximum atomic E-state index is 12.3. The average Bonchev–Trinajstić information content (AvgIpc) is 3.22. The van der Waals surface area contributed by atoms with Gasteiger partial charge in [0.15, 0.2) is 0 Å². The van der Waals surface area contributed by atoms with Crippen molar-refractivity contribution in [2.24, 2.45) is 11.8 Å². The number of likely N-dealkylation sites (tertiary alicyclic amines) is 1. The van der Waals surface area contributed by atoms with Gasteiger partial charge in [0.05, 0.1) is 12.8 Å². The zero-order chi connectivity index (χ0) is 16.7. The van der Waals surface area contributed by atoms with Crippen molar-refractivity contribution in [2.45, 2.75) is 39.4 Å². The van der Waals surface area contributed by atoms with E-state index < -0.39 is 0 Å². The number of fused-ring (bicyclic) bond motifs is 2. The maximum Gasteiger partial charge on any atom is 0.289 e. The Morgan fingerprint density at radius 1 is 1.33 bits per heavy atom. The fourth-order valence-electron chi connectivity index (χ4n) is 3.87. The lowest BCUT2D eigenvalue weighted by Gasteiger charge is -2.25. The number of nitrogens with zero attached hydrogens (tertiary/aromatic N) is 4. The van der Waals surface area contributed by atoms with Crippen molar-refractivity contribution in [1.82, 2.24) is 25.0 Å². The number of rotatable bonds is 4. The summed E-state index contributed by atoms with van der Waals surface area (Å²) in [6.45, 7) is 7.64. The van der Waals surface area contributed by atoms with Gasteiger partial charge in [0.1, 0.15) is 11.6 Å². The summed E-state index contributed by atoms with van der Waals surface area (Å²) >= 11 is 0. The predicted octanol–water partition coefficient (Wildman–Crippen LogP) is 1.31. The Kier molecular flexibility index (Phi) is 3.88. The van der Waals surface area contributed by atoms with Gasteiger partial charge >= 0.3 is 0 Å². The standard InChI is InChI=1S/C17H23N5O2/c1-11(2)18-17(23)16-20-19-15-6-12-7-21(8-13(12)9-22(15)16)10-14-4-3-5-24-14/h3-5,11-13H,6-10H2,1-2H3,(H,18,23). The highest BCUT2D eigenvalue weighted by atomic mass is 16.3. The SMILES string of the molecule is CC(C)NC(=O)c1nnc2n1CC1CN(Cc3ccco3)CC1C2. The molecule has 24 heavy (non-hydrogen) atoms. The molecule has 2 aromatic rings. The predicted molar refractivity (Wildman–Crippen MR) is 87.3 cm³/mol. The van der Waals surface area contributed by atoms with Gasteiger partial charge in [-0.15, -0.1) is 10.2 Å². The molecule has 7 heteroatoms. The lowest BCUT2D eigenvalue weighted by Crippen LogP contribution is -2.35. The van der Waals surface area contributed by atoms with E-state index in [0.29, 0.717) is 17.7 Å². The third-order valence-corrected chi connectivity index (χ3v) is 4.92. The van der Waals surface area contributed by atoms with Crippen molar-refractivity contribution in [3.05, 3.63) is 35.8 Å². The second-order valence-corrected chi connectivity index (χ2v) is 7.18. The van der Waals surface area contributed by atoms with E-state index >= 15 is 0 Å². The number of hydrogen-bond donors (Lipinski definition) is 1. The van der Waals surface area contributed by atoms with Gasteiger partial charge in [0, 0.05) is 32.1 Å². The number of amides is 1. The molecule has 1 fully saturated rings. The molecule has 0 radical (unpaired) electrons. The zero-order valence-electron chi connectivity index (χ0n) is 14.1. The Morgan fingerprint density at radius 3 is 2.92 bits per heavy atom. The van der Waals surface area contributed by atoms with Crippen LogP contribution in [0.2, 0.25) is 0 Å². The fraction of sp³-hybridized carbons (Fsp3) is 0.588. The van der Waals surface area contributed by atoms with Gasteiger partial charge in [-0.3, -0.25) is 9.69 Å². The first-order chi connectivity index (χ1) is 11.6. The highest BCUT2D eigenvalue weighted by molar-refractivity contribution is 5.90.